The van der Waals surface area contributed by atoms with E-state index in [4.69, 9.17) is 11.6 Å². The van der Waals surface area contributed by atoms with E-state index in [-0.39, 0.29) is 16.8 Å². The number of fused-ring (bicyclic) bond motifs is 1. The van der Waals surface area contributed by atoms with Crippen molar-refractivity contribution < 1.29 is 9.18 Å². The minimum absolute atomic E-state index is 0.0295. The van der Waals surface area contributed by atoms with Gasteiger partial charge in [-0.05, 0) is 29.6 Å². The van der Waals surface area contributed by atoms with Gasteiger partial charge in [-0.15, -0.1) is 11.3 Å². The Bertz CT molecular complexity index is 891. The molecule has 0 aliphatic carbocycles. The van der Waals surface area contributed by atoms with Crippen LogP contribution >= 0.6 is 22.9 Å². The zero-order valence-corrected chi connectivity index (χ0v) is 13.4. The van der Waals surface area contributed by atoms with E-state index in [1.54, 1.807) is 28.3 Å². The molecule has 0 saturated carbocycles. The summed E-state index contributed by atoms with van der Waals surface area (Å²) in [6, 6.07) is 8.38. The SMILES string of the molecule is O=C1CC(c2cccs2)c2ncn(-c3ccc(F)c(Cl)c3)c2N1. The maximum absolute atomic E-state index is 13.4. The van der Waals surface area contributed by atoms with Crippen molar-refractivity contribution in [3.63, 3.8) is 0 Å². The lowest BCUT2D eigenvalue weighted by Gasteiger charge is -2.22. The van der Waals surface area contributed by atoms with E-state index in [1.807, 2.05) is 17.5 Å². The van der Waals surface area contributed by atoms with Gasteiger partial charge in [0.25, 0.3) is 0 Å². The van der Waals surface area contributed by atoms with Gasteiger partial charge in [-0.2, -0.15) is 0 Å². The maximum Gasteiger partial charge on any atom is 0.226 e. The van der Waals surface area contributed by atoms with E-state index < -0.39 is 5.82 Å². The molecule has 3 heterocycles. The Morgan fingerprint density at radius 1 is 1.39 bits per heavy atom. The Morgan fingerprint density at radius 3 is 3.00 bits per heavy atom. The van der Waals surface area contributed by atoms with Crippen LogP contribution in [-0.2, 0) is 4.79 Å². The molecule has 1 unspecified atom stereocenters. The Hall–Kier alpha value is -2.18. The topological polar surface area (TPSA) is 46.9 Å². The minimum atomic E-state index is -0.482. The molecule has 2 aromatic heterocycles. The number of carbonyl (C=O) groups is 1. The number of hydrogen-bond donors (Lipinski definition) is 1. The molecule has 0 spiro atoms. The number of anilines is 1. The third-order valence-corrected chi connectivity index (χ3v) is 5.12. The fourth-order valence-electron chi connectivity index (χ4n) is 2.76. The highest BCUT2D eigenvalue weighted by molar-refractivity contribution is 7.10. The number of benzene rings is 1. The van der Waals surface area contributed by atoms with Crippen LogP contribution in [0.5, 0.6) is 0 Å². The number of halogens is 2. The van der Waals surface area contributed by atoms with Crippen LogP contribution in [0.15, 0.2) is 42.0 Å². The average Bonchev–Trinajstić information content (AvgIpc) is 3.18. The standard InChI is InChI=1S/C16H11ClFN3OS/c17-11-6-9(3-4-12(11)18)21-8-19-15-10(13-2-1-5-23-13)7-14(22)20-16(15)21/h1-6,8,10H,7H2,(H,20,22). The van der Waals surface area contributed by atoms with Crippen LogP contribution < -0.4 is 5.32 Å². The second-order valence-electron chi connectivity index (χ2n) is 5.27. The van der Waals surface area contributed by atoms with E-state index in [1.165, 1.54) is 12.1 Å². The number of thiophene rings is 1. The lowest BCUT2D eigenvalue weighted by Crippen LogP contribution is -2.24. The van der Waals surface area contributed by atoms with Crippen LogP contribution in [0.2, 0.25) is 5.02 Å². The lowest BCUT2D eigenvalue weighted by atomic mass is 9.96. The van der Waals surface area contributed by atoms with Crippen molar-refractivity contribution in [2.24, 2.45) is 0 Å². The number of imidazole rings is 1. The quantitative estimate of drug-likeness (QED) is 0.755. The Kier molecular flexibility index (Phi) is 3.43. The molecule has 0 fully saturated rings. The van der Waals surface area contributed by atoms with Crippen molar-refractivity contribution >= 4 is 34.7 Å². The molecule has 1 amide bonds. The molecule has 7 heteroatoms. The zero-order valence-electron chi connectivity index (χ0n) is 11.8. The smallest absolute Gasteiger partial charge is 0.226 e. The third-order valence-electron chi connectivity index (χ3n) is 3.84. The average molecular weight is 348 g/mol. The van der Waals surface area contributed by atoms with E-state index in [0.717, 1.165) is 10.6 Å². The van der Waals surface area contributed by atoms with Crippen molar-refractivity contribution in [3.8, 4) is 5.69 Å². The van der Waals surface area contributed by atoms with Gasteiger partial charge in [0.2, 0.25) is 5.91 Å². The van der Waals surface area contributed by atoms with Crippen molar-refractivity contribution in [2.75, 3.05) is 5.32 Å². The minimum Gasteiger partial charge on any atom is -0.310 e. The number of aromatic nitrogens is 2. The summed E-state index contributed by atoms with van der Waals surface area (Å²) < 4.78 is 15.1. The van der Waals surface area contributed by atoms with E-state index in [0.29, 0.717) is 17.9 Å². The molecule has 0 saturated heterocycles. The van der Waals surface area contributed by atoms with E-state index >= 15 is 0 Å². The highest BCUT2D eigenvalue weighted by Crippen LogP contribution is 2.39. The highest BCUT2D eigenvalue weighted by Gasteiger charge is 2.31. The van der Waals surface area contributed by atoms with Crippen LogP contribution in [0.4, 0.5) is 10.2 Å². The zero-order chi connectivity index (χ0) is 16.0. The van der Waals surface area contributed by atoms with Crippen molar-refractivity contribution in [3.05, 3.63) is 63.5 Å². The van der Waals surface area contributed by atoms with Crippen molar-refractivity contribution in [1.29, 1.82) is 0 Å². The molecule has 0 radical (unpaired) electrons. The Morgan fingerprint density at radius 2 is 2.26 bits per heavy atom. The molecule has 1 aliphatic rings. The van der Waals surface area contributed by atoms with E-state index in [2.05, 4.69) is 10.3 Å². The molecule has 0 bridgehead atoms. The van der Waals surface area contributed by atoms with E-state index in [9.17, 15) is 9.18 Å². The van der Waals surface area contributed by atoms with Gasteiger partial charge in [-0.3, -0.25) is 9.36 Å². The first-order valence-corrected chi connectivity index (χ1v) is 8.25. The lowest BCUT2D eigenvalue weighted by molar-refractivity contribution is -0.116. The van der Waals surface area contributed by atoms with Gasteiger partial charge in [0, 0.05) is 17.2 Å². The molecule has 23 heavy (non-hydrogen) atoms. The molecule has 1 aliphatic heterocycles. The predicted molar refractivity (Wildman–Crippen MR) is 87.9 cm³/mol. The molecule has 1 N–H and O–H groups in total. The Labute approximate surface area is 140 Å². The fourth-order valence-corrected chi connectivity index (χ4v) is 3.77. The largest absolute Gasteiger partial charge is 0.310 e. The van der Waals surface area contributed by atoms with Gasteiger partial charge >= 0.3 is 0 Å². The number of hydrogen-bond acceptors (Lipinski definition) is 3. The summed E-state index contributed by atoms with van der Waals surface area (Å²) in [5, 5.41) is 4.88. The molecule has 3 aromatic rings. The van der Waals surface area contributed by atoms with Crippen LogP contribution in [0.1, 0.15) is 22.9 Å². The van der Waals surface area contributed by atoms with Crippen molar-refractivity contribution in [2.45, 2.75) is 12.3 Å². The monoisotopic (exact) mass is 347 g/mol. The summed E-state index contributed by atoms with van der Waals surface area (Å²) in [4.78, 5) is 17.7. The fraction of sp³-hybridized carbons (Fsp3) is 0.125. The molecule has 4 nitrogen and oxygen atoms in total. The number of amides is 1. The predicted octanol–water partition coefficient (Wildman–Crippen LogP) is 4.20. The molecule has 1 aromatic carbocycles. The van der Waals surface area contributed by atoms with Crippen LogP contribution in [-0.4, -0.2) is 15.5 Å². The molecule has 1 atom stereocenters. The second kappa shape index (κ2) is 5.47. The molecular weight excluding hydrogens is 337 g/mol. The number of rotatable bonds is 2. The van der Waals surface area contributed by atoms with Gasteiger partial charge in [-0.25, -0.2) is 9.37 Å². The van der Waals surface area contributed by atoms with Gasteiger partial charge in [0.15, 0.2) is 0 Å². The molecule has 116 valence electrons. The Balaban J connectivity index is 1.83. The highest BCUT2D eigenvalue weighted by atomic mass is 35.5. The van der Waals surface area contributed by atoms with Crippen LogP contribution in [0.3, 0.4) is 0 Å². The van der Waals surface area contributed by atoms with Gasteiger partial charge in [0.05, 0.1) is 16.4 Å². The number of nitrogens with zero attached hydrogens (tertiary/aromatic N) is 2. The van der Waals surface area contributed by atoms with Crippen LogP contribution in [0, 0.1) is 5.82 Å². The van der Waals surface area contributed by atoms with Crippen LogP contribution in [0.25, 0.3) is 5.69 Å². The summed E-state index contributed by atoms with van der Waals surface area (Å²) in [5.74, 6) is 0.00833. The first-order chi connectivity index (χ1) is 11.1. The summed E-state index contributed by atoms with van der Waals surface area (Å²) in [6.45, 7) is 0. The molecular formula is C16H11ClFN3OS. The normalized spacial score (nSPS) is 17.0. The summed E-state index contributed by atoms with van der Waals surface area (Å²) in [5.41, 5.74) is 1.46. The summed E-state index contributed by atoms with van der Waals surface area (Å²) >= 11 is 7.46. The third kappa shape index (κ3) is 2.44. The van der Waals surface area contributed by atoms with Crippen molar-refractivity contribution in [1.82, 2.24) is 9.55 Å². The second-order valence-corrected chi connectivity index (χ2v) is 6.65. The van der Waals surface area contributed by atoms with Gasteiger partial charge in [0.1, 0.15) is 18.0 Å². The summed E-state index contributed by atoms with van der Waals surface area (Å²) in [7, 11) is 0. The maximum atomic E-state index is 13.4. The summed E-state index contributed by atoms with van der Waals surface area (Å²) in [6.07, 6.45) is 2.00. The first kappa shape index (κ1) is 14.4. The molecule has 4 rings (SSSR count). The van der Waals surface area contributed by atoms with Gasteiger partial charge < -0.3 is 5.32 Å². The number of nitrogens with one attached hydrogen (secondary N) is 1. The number of carbonyl (C=O) groups excluding carboxylic acids is 1. The first-order valence-electron chi connectivity index (χ1n) is 6.99. The van der Waals surface area contributed by atoms with Gasteiger partial charge in [-0.1, -0.05) is 17.7 Å².